The summed E-state index contributed by atoms with van der Waals surface area (Å²) in [6.45, 7) is 0. The van der Waals surface area contributed by atoms with Crippen LogP contribution in [-0.2, 0) is 15.1 Å². The smallest absolute Gasteiger partial charge is 0.411 e. The molecule has 2 heterocycles. The first-order valence-corrected chi connectivity index (χ1v) is 13.3. The van der Waals surface area contributed by atoms with E-state index in [1.807, 2.05) is 78.9 Å². The van der Waals surface area contributed by atoms with Gasteiger partial charge < -0.3 is 14.8 Å². The zero-order chi connectivity index (χ0) is 28.6. The normalized spacial score (nSPS) is 22.6. The van der Waals surface area contributed by atoms with Crippen LogP contribution in [-0.4, -0.2) is 32.0 Å². The number of hydrogen-bond acceptors (Lipinski definition) is 6. The molecule has 0 aliphatic carbocycles. The summed E-state index contributed by atoms with van der Waals surface area (Å²) >= 11 is 0. The fraction of sp³-hybridized carbons (Fsp3) is 0.182. The molecule has 2 amide bonds. The minimum atomic E-state index is -1.32. The molecule has 6 rings (SSSR count). The first-order chi connectivity index (χ1) is 20.0. The highest BCUT2D eigenvalue weighted by Gasteiger charge is 2.64. The monoisotopic (exact) mass is 547 g/mol. The third kappa shape index (κ3) is 4.42. The van der Waals surface area contributed by atoms with Crippen LogP contribution in [0.2, 0.25) is 0 Å². The average molecular weight is 548 g/mol. The molecule has 0 bridgehead atoms. The second kappa shape index (κ2) is 10.6. The van der Waals surface area contributed by atoms with Gasteiger partial charge in [0.25, 0.3) is 0 Å². The van der Waals surface area contributed by atoms with Gasteiger partial charge in [0.2, 0.25) is 5.91 Å². The lowest BCUT2D eigenvalue weighted by molar-refractivity contribution is -0.122. The van der Waals surface area contributed by atoms with E-state index < -0.39 is 23.5 Å². The lowest BCUT2D eigenvalue weighted by Crippen LogP contribution is -2.50. The lowest BCUT2D eigenvalue weighted by Gasteiger charge is -2.31. The number of rotatable bonds is 6. The zero-order valence-electron chi connectivity index (χ0n) is 22.6. The van der Waals surface area contributed by atoms with E-state index in [1.165, 1.54) is 7.11 Å². The van der Waals surface area contributed by atoms with Crippen LogP contribution in [0.4, 0.5) is 16.2 Å². The highest BCUT2D eigenvalue weighted by Crippen LogP contribution is 2.57. The number of anilines is 2. The number of para-hydroxylation sites is 1. The van der Waals surface area contributed by atoms with Crippen molar-refractivity contribution in [1.82, 2.24) is 5.32 Å². The van der Waals surface area contributed by atoms with Crippen molar-refractivity contribution in [2.75, 3.05) is 24.9 Å². The highest BCUT2D eigenvalue weighted by atomic mass is 16.5. The Morgan fingerprint density at radius 2 is 1.49 bits per heavy atom. The van der Waals surface area contributed by atoms with E-state index in [-0.39, 0.29) is 17.7 Å². The molecular weight excluding hydrogens is 518 g/mol. The largest absolute Gasteiger partial charge is 0.497 e. The van der Waals surface area contributed by atoms with Crippen LogP contribution in [0.5, 0.6) is 5.75 Å². The Labute approximate surface area is 237 Å². The summed E-state index contributed by atoms with van der Waals surface area (Å²) in [4.78, 5) is 40.4. The van der Waals surface area contributed by atoms with Gasteiger partial charge in [0.15, 0.2) is 5.78 Å². The van der Waals surface area contributed by atoms with Crippen molar-refractivity contribution in [2.45, 2.75) is 17.5 Å². The molecule has 8 nitrogen and oxygen atoms in total. The maximum Gasteiger partial charge on any atom is 0.411 e. The summed E-state index contributed by atoms with van der Waals surface area (Å²) in [5.41, 5.74) is 2.90. The van der Waals surface area contributed by atoms with Gasteiger partial charge in [-0.05, 0) is 53.6 Å². The predicted molar refractivity (Wildman–Crippen MR) is 155 cm³/mol. The number of hydrogen-bond donors (Lipinski definition) is 3. The van der Waals surface area contributed by atoms with E-state index in [4.69, 9.17) is 4.74 Å². The maximum absolute atomic E-state index is 14.7. The van der Waals surface area contributed by atoms with Crippen molar-refractivity contribution < 1.29 is 23.9 Å². The number of amides is 2. The number of Topliss-reactive ketones (excluding diaryl/α,β-unsaturated/α-hetero) is 1. The molecule has 4 aromatic rings. The van der Waals surface area contributed by atoms with Crippen LogP contribution in [0.3, 0.4) is 0 Å². The van der Waals surface area contributed by atoms with Crippen molar-refractivity contribution in [3.63, 3.8) is 0 Å². The first-order valence-electron chi connectivity index (χ1n) is 13.3. The Balaban J connectivity index is 1.53. The molecule has 2 aliphatic heterocycles. The van der Waals surface area contributed by atoms with E-state index in [2.05, 4.69) is 20.7 Å². The van der Waals surface area contributed by atoms with Crippen molar-refractivity contribution in [1.29, 1.82) is 0 Å². The van der Waals surface area contributed by atoms with E-state index in [0.717, 1.165) is 16.7 Å². The van der Waals surface area contributed by atoms with Gasteiger partial charge in [0.05, 0.1) is 20.1 Å². The summed E-state index contributed by atoms with van der Waals surface area (Å²) in [6.07, 6.45) is -0.604. The quantitative estimate of drug-likeness (QED) is 0.270. The van der Waals surface area contributed by atoms with Crippen LogP contribution in [0.25, 0.3) is 0 Å². The van der Waals surface area contributed by atoms with Crippen molar-refractivity contribution >= 4 is 29.2 Å². The standard InChI is InChI=1S/C33H29N3O5/c1-40-24-18-14-20(15-19-24)27-28(30(37)22-12-16-23(17-13-22)34-32(39)41-2)33(36-29(27)21-8-4-3-5-9-21)25-10-6-7-11-26(25)35-31(33)38/h3-19,27-29,36H,1-2H3,(H,34,39)(H,35,38). The fourth-order valence-electron chi connectivity index (χ4n) is 6.21. The molecule has 41 heavy (non-hydrogen) atoms. The summed E-state index contributed by atoms with van der Waals surface area (Å²) in [5, 5.41) is 9.31. The molecule has 1 spiro atoms. The Bertz CT molecular complexity index is 1600. The highest BCUT2D eigenvalue weighted by molar-refractivity contribution is 6.12. The molecule has 8 heteroatoms. The topological polar surface area (TPSA) is 106 Å². The number of benzene rings is 4. The number of ether oxygens (including phenoxy) is 2. The van der Waals surface area contributed by atoms with E-state index in [1.54, 1.807) is 31.4 Å². The van der Waals surface area contributed by atoms with Gasteiger partial charge in [-0.1, -0.05) is 60.7 Å². The lowest BCUT2D eigenvalue weighted by atomic mass is 9.69. The number of fused-ring (bicyclic) bond motifs is 2. The second-order valence-corrected chi connectivity index (χ2v) is 10.2. The minimum Gasteiger partial charge on any atom is -0.497 e. The summed E-state index contributed by atoms with van der Waals surface area (Å²) < 4.78 is 10.1. The minimum absolute atomic E-state index is 0.187. The average Bonchev–Trinajstić information content (AvgIpc) is 3.52. The van der Waals surface area contributed by atoms with Gasteiger partial charge in [0, 0.05) is 34.5 Å². The zero-order valence-corrected chi connectivity index (χ0v) is 22.6. The molecule has 0 radical (unpaired) electrons. The molecule has 3 N–H and O–H groups in total. The van der Waals surface area contributed by atoms with Crippen LogP contribution >= 0.6 is 0 Å². The van der Waals surface area contributed by atoms with Gasteiger partial charge in [-0.3, -0.25) is 20.2 Å². The summed E-state index contributed by atoms with van der Waals surface area (Å²) in [7, 11) is 2.89. The van der Waals surface area contributed by atoms with Gasteiger partial charge in [-0.15, -0.1) is 0 Å². The van der Waals surface area contributed by atoms with Gasteiger partial charge in [0.1, 0.15) is 11.3 Å². The van der Waals surface area contributed by atoms with Crippen LogP contribution < -0.4 is 20.7 Å². The summed E-state index contributed by atoms with van der Waals surface area (Å²) in [5.74, 6) is -0.956. The van der Waals surface area contributed by atoms with Crippen LogP contribution in [0.1, 0.15) is 39.0 Å². The van der Waals surface area contributed by atoms with Gasteiger partial charge in [-0.2, -0.15) is 0 Å². The Kier molecular flexibility index (Phi) is 6.77. The fourth-order valence-corrected chi connectivity index (χ4v) is 6.21. The molecule has 4 atom stereocenters. The van der Waals surface area contributed by atoms with E-state index >= 15 is 0 Å². The van der Waals surface area contributed by atoms with Crippen LogP contribution in [0, 0.1) is 5.92 Å². The first kappa shape index (κ1) is 26.3. The third-order valence-corrected chi connectivity index (χ3v) is 8.07. The Morgan fingerprint density at radius 1 is 0.805 bits per heavy atom. The number of carbonyl (C=O) groups excluding carboxylic acids is 3. The van der Waals surface area contributed by atoms with Crippen molar-refractivity contribution in [3.8, 4) is 5.75 Å². The van der Waals surface area contributed by atoms with E-state index in [9.17, 15) is 14.4 Å². The number of nitrogens with one attached hydrogen (secondary N) is 3. The molecule has 0 aromatic heterocycles. The van der Waals surface area contributed by atoms with Gasteiger partial charge >= 0.3 is 6.09 Å². The molecule has 206 valence electrons. The number of carbonyl (C=O) groups is 3. The molecular formula is C33H29N3O5. The maximum atomic E-state index is 14.7. The van der Waals surface area contributed by atoms with Crippen molar-refractivity contribution in [2.24, 2.45) is 5.92 Å². The molecule has 1 saturated heterocycles. The van der Waals surface area contributed by atoms with Crippen molar-refractivity contribution in [3.05, 3.63) is 125 Å². The number of ketones is 1. The second-order valence-electron chi connectivity index (χ2n) is 10.2. The molecule has 2 aliphatic rings. The Morgan fingerprint density at radius 3 is 2.17 bits per heavy atom. The number of methoxy groups -OCH3 is 2. The Hall–Kier alpha value is -4.95. The van der Waals surface area contributed by atoms with Gasteiger partial charge in [-0.25, -0.2) is 4.79 Å². The SMILES string of the molecule is COC(=O)Nc1ccc(C(=O)C2C(c3ccc(OC)cc3)C(c3ccccc3)NC23C(=O)Nc2ccccc23)cc1. The van der Waals surface area contributed by atoms with E-state index in [0.29, 0.717) is 22.7 Å². The molecule has 1 fully saturated rings. The summed E-state index contributed by atoms with van der Waals surface area (Å²) in [6, 6.07) is 31.4. The van der Waals surface area contributed by atoms with Crippen LogP contribution in [0.15, 0.2) is 103 Å². The molecule has 0 saturated carbocycles. The molecule has 4 unspecified atom stereocenters. The predicted octanol–water partition coefficient (Wildman–Crippen LogP) is 5.65. The molecule has 4 aromatic carbocycles. The third-order valence-electron chi connectivity index (χ3n) is 8.07.